The SMILES string of the molecule is Nc1cccnc1N1CCN(c2nc(Nc3ccccc3)n3ncc(/C=C4\CC(=O)NC4=O)c3n2)CC1. The minimum Gasteiger partial charge on any atom is -0.396 e. The van der Waals surface area contributed by atoms with Crippen LogP contribution in [0.1, 0.15) is 12.0 Å². The number of nitrogens with one attached hydrogen (secondary N) is 2. The first-order chi connectivity index (χ1) is 18.0. The Balaban J connectivity index is 1.35. The summed E-state index contributed by atoms with van der Waals surface area (Å²) in [5.74, 6) is 1.08. The molecule has 2 aliphatic heterocycles. The Hall–Kier alpha value is -5.00. The van der Waals surface area contributed by atoms with Crippen molar-refractivity contribution in [3.63, 3.8) is 0 Å². The molecule has 1 aromatic carbocycles. The molecule has 186 valence electrons. The monoisotopic (exact) mass is 496 g/mol. The molecular formula is C25H24N10O2. The van der Waals surface area contributed by atoms with E-state index in [1.54, 1.807) is 23.0 Å². The number of nitrogens with two attached hydrogens (primary N) is 1. The molecule has 12 heteroatoms. The molecule has 6 rings (SSSR count). The third-order valence-electron chi connectivity index (χ3n) is 6.32. The summed E-state index contributed by atoms with van der Waals surface area (Å²) < 4.78 is 1.60. The summed E-state index contributed by atoms with van der Waals surface area (Å²) in [7, 11) is 0. The molecule has 0 saturated carbocycles. The molecule has 0 bridgehead atoms. The van der Waals surface area contributed by atoms with Crippen molar-refractivity contribution in [3.8, 4) is 0 Å². The number of aromatic nitrogens is 5. The minimum atomic E-state index is -0.397. The number of imide groups is 1. The van der Waals surface area contributed by atoms with E-state index in [-0.39, 0.29) is 12.3 Å². The lowest BCUT2D eigenvalue weighted by Crippen LogP contribution is -2.47. The van der Waals surface area contributed by atoms with Crippen LogP contribution in [-0.4, -0.2) is 62.6 Å². The molecule has 0 spiro atoms. The molecule has 4 aromatic rings. The Morgan fingerprint density at radius 1 is 0.973 bits per heavy atom. The molecule has 0 aliphatic carbocycles. The molecule has 0 atom stereocenters. The minimum absolute atomic E-state index is 0.0296. The van der Waals surface area contributed by atoms with Crippen LogP contribution in [0.2, 0.25) is 0 Å². The van der Waals surface area contributed by atoms with Crippen LogP contribution in [0.4, 0.5) is 29.1 Å². The normalized spacial score (nSPS) is 17.0. The zero-order chi connectivity index (χ0) is 25.4. The van der Waals surface area contributed by atoms with Crippen LogP contribution in [0.15, 0.2) is 60.4 Å². The highest BCUT2D eigenvalue weighted by atomic mass is 16.2. The Labute approximate surface area is 211 Å². The highest BCUT2D eigenvalue weighted by Gasteiger charge is 2.26. The maximum Gasteiger partial charge on any atom is 0.254 e. The molecule has 0 radical (unpaired) electrons. The Bertz CT molecular complexity index is 1520. The lowest BCUT2D eigenvalue weighted by atomic mass is 10.1. The molecule has 3 aromatic heterocycles. The number of rotatable bonds is 5. The maximum absolute atomic E-state index is 12.1. The second-order valence-corrected chi connectivity index (χ2v) is 8.79. The van der Waals surface area contributed by atoms with Crippen molar-refractivity contribution in [2.75, 3.05) is 47.0 Å². The first kappa shape index (κ1) is 22.5. The van der Waals surface area contributed by atoms with Crippen LogP contribution in [0, 0.1) is 0 Å². The van der Waals surface area contributed by atoms with E-state index in [1.807, 2.05) is 42.5 Å². The summed E-state index contributed by atoms with van der Waals surface area (Å²) in [5, 5.41) is 10.1. The van der Waals surface area contributed by atoms with Crippen LogP contribution < -0.4 is 26.2 Å². The number of pyridine rings is 1. The largest absolute Gasteiger partial charge is 0.396 e. The van der Waals surface area contributed by atoms with Crippen molar-refractivity contribution in [2.24, 2.45) is 0 Å². The third-order valence-corrected chi connectivity index (χ3v) is 6.32. The molecule has 2 amide bonds. The van der Waals surface area contributed by atoms with Gasteiger partial charge in [-0.25, -0.2) is 4.98 Å². The van der Waals surface area contributed by atoms with Gasteiger partial charge >= 0.3 is 0 Å². The number of anilines is 5. The Morgan fingerprint density at radius 2 is 1.76 bits per heavy atom. The zero-order valence-corrected chi connectivity index (χ0v) is 19.8. The predicted molar refractivity (Wildman–Crippen MR) is 139 cm³/mol. The van der Waals surface area contributed by atoms with Crippen molar-refractivity contribution in [2.45, 2.75) is 6.42 Å². The summed E-state index contributed by atoms with van der Waals surface area (Å²) >= 11 is 0. The number of hydrogen-bond donors (Lipinski definition) is 3. The van der Waals surface area contributed by atoms with Gasteiger partial charge in [0.2, 0.25) is 17.8 Å². The maximum atomic E-state index is 12.1. The fraction of sp³-hybridized carbons (Fsp3) is 0.200. The molecule has 0 unspecified atom stereocenters. The highest BCUT2D eigenvalue weighted by Crippen LogP contribution is 2.26. The summed E-state index contributed by atoms with van der Waals surface area (Å²) in [4.78, 5) is 42.1. The number of nitrogens with zero attached hydrogens (tertiary/aromatic N) is 7. The summed E-state index contributed by atoms with van der Waals surface area (Å²) in [6.07, 6.45) is 5.05. The van der Waals surface area contributed by atoms with Gasteiger partial charge in [-0.1, -0.05) is 18.2 Å². The van der Waals surface area contributed by atoms with Crippen molar-refractivity contribution < 1.29 is 9.59 Å². The quantitative estimate of drug-likeness (QED) is 0.275. The van der Waals surface area contributed by atoms with Gasteiger partial charge in [0.25, 0.3) is 5.91 Å². The highest BCUT2D eigenvalue weighted by molar-refractivity contribution is 6.15. The first-order valence-corrected chi connectivity index (χ1v) is 11.9. The van der Waals surface area contributed by atoms with Crippen molar-refractivity contribution >= 4 is 52.6 Å². The van der Waals surface area contributed by atoms with Gasteiger partial charge in [0, 0.05) is 49.2 Å². The zero-order valence-electron chi connectivity index (χ0n) is 19.8. The van der Waals surface area contributed by atoms with Gasteiger partial charge in [0.1, 0.15) is 0 Å². The number of hydrogen-bond acceptors (Lipinski definition) is 10. The van der Waals surface area contributed by atoms with E-state index in [1.165, 1.54) is 0 Å². The van der Waals surface area contributed by atoms with Gasteiger partial charge in [-0.15, -0.1) is 0 Å². The number of nitrogen functional groups attached to an aromatic ring is 1. The average molecular weight is 497 g/mol. The summed E-state index contributed by atoms with van der Waals surface area (Å²) in [6, 6.07) is 13.3. The van der Waals surface area contributed by atoms with Crippen LogP contribution in [-0.2, 0) is 9.59 Å². The van der Waals surface area contributed by atoms with Gasteiger partial charge in [-0.05, 0) is 30.3 Å². The van der Waals surface area contributed by atoms with E-state index in [9.17, 15) is 9.59 Å². The average Bonchev–Trinajstić information content (AvgIpc) is 3.47. The second kappa shape index (κ2) is 9.22. The van der Waals surface area contributed by atoms with Gasteiger partial charge in [0.15, 0.2) is 11.5 Å². The number of fused-ring (bicyclic) bond motifs is 1. The predicted octanol–water partition coefficient (Wildman–Crippen LogP) is 1.60. The van der Waals surface area contributed by atoms with Crippen LogP contribution in [0.5, 0.6) is 0 Å². The standard InChI is InChI=1S/C25H24N10O2/c26-19-7-4-8-27-22(19)33-9-11-34(12-10-33)24-31-21-17(13-16-14-20(36)30-23(16)37)15-28-35(21)25(32-24)29-18-5-2-1-3-6-18/h1-8,13,15H,9-12,14,26H2,(H,29,31,32)(H,30,36,37)/b16-13+. The fourth-order valence-electron chi connectivity index (χ4n) is 4.46. The van der Waals surface area contributed by atoms with E-state index >= 15 is 0 Å². The van der Waals surface area contributed by atoms with Gasteiger partial charge in [-0.2, -0.15) is 19.6 Å². The van der Waals surface area contributed by atoms with Crippen LogP contribution in [0.3, 0.4) is 0 Å². The summed E-state index contributed by atoms with van der Waals surface area (Å²) in [6.45, 7) is 2.74. The Morgan fingerprint density at radius 3 is 2.49 bits per heavy atom. The van der Waals surface area contributed by atoms with Gasteiger partial charge in [-0.3, -0.25) is 14.9 Å². The number of carbonyl (C=O) groups excluding carboxylic acids is 2. The second-order valence-electron chi connectivity index (χ2n) is 8.79. The topological polar surface area (TPSA) is 147 Å². The number of amides is 2. The number of benzene rings is 1. The van der Waals surface area contributed by atoms with Crippen molar-refractivity contribution in [3.05, 3.63) is 66.0 Å². The number of para-hydroxylation sites is 1. The smallest absolute Gasteiger partial charge is 0.254 e. The molecular weight excluding hydrogens is 472 g/mol. The Kier molecular flexibility index (Phi) is 5.60. The van der Waals surface area contributed by atoms with Crippen LogP contribution in [0.25, 0.3) is 11.7 Å². The fourth-order valence-corrected chi connectivity index (χ4v) is 4.46. The van der Waals surface area contributed by atoms with E-state index in [4.69, 9.17) is 15.7 Å². The van der Waals surface area contributed by atoms with Gasteiger partial charge < -0.3 is 20.9 Å². The molecule has 12 nitrogen and oxygen atoms in total. The molecule has 2 saturated heterocycles. The molecule has 4 N–H and O–H groups in total. The number of carbonyl (C=O) groups is 2. The van der Waals surface area contributed by atoms with E-state index in [2.05, 4.69) is 30.5 Å². The number of piperazine rings is 1. The van der Waals surface area contributed by atoms with Crippen LogP contribution >= 0.6 is 0 Å². The summed E-state index contributed by atoms with van der Waals surface area (Å²) in [5.41, 5.74) is 9.15. The third kappa shape index (κ3) is 4.40. The van der Waals surface area contributed by atoms with Crippen molar-refractivity contribution in [1.29, 1.82) is 0 Å². The lowest BCUT2D eigenvalue weighted by Gasteiger charge is -2.35. The molecule has 2 fully saturated rings. The van der Waals surface area contributed by atoms with Crippen molar-refractivity contribution in [1.82, 2.24) is 29.9 Å². The lowest BCUT2D eigenvalue weighted by molar-refractivity contribution is -0.124. The molecule has 2 aliphatic rings. The van der Waals surface area contributed by atoms with E-state index < -0.39 is 5.91 Å². The molecule has 37 heavy (non-hydrogen) atoms. The molecule has 5 heterocycles. The van der Waals surface area contributed by atoms with E-state index in [0.29, 0.717) is 60.5 Å². The van der Waals surface area contributed by atoms with Gasteiger partial charge in [0.05, 0.1) is 18.3 Å². The first-order valence-electron chi connectivity index (χ1n) is 11.9. The van der Waals surface area contributed by atoms with E-state index in [0.717, 1.165) is 11.5 Å².